The number of tetrazole rings is 1. The Labute approximate surface area is 146 Å². The minimum absolute atomic E-state index is 0.0762. The van der Waals surface area contributed by atoms with Crippen LogP contribution in [0.4, 0.5) is 0 Å². The van der Waals surface area contributed by atoms with E-state index >= 15 is 0 Å². The van der Waals surface area contributed by atoms with E-state index in [9.17, 15) is 9.59 Å². The molecule has 0 saturated heterocycles. The van der Waals surface area contributed by atoms with Gasteiger partial charge < -0.3 is 4.74 Å². The maximum absolute atomic E-state index is 12.6. The third-order valence-electron chi connectivity index (χ3n) is 3.81. The van der Waals surface area contributed by atoms with Crippen molar-refractivity contribution in [3.63, 3.8) is 0 Å². The van der Waals surface area contributed by atoms with Crippen molar-refractivity contribution in [2.45, 2.75) is 0 Å². The van der Waals surface area contributed by atoms with E-state index in [1.807, 2.05) is 0 Å². The molecule has 2 heterocycles. The van der Waals surface area contributed by atoms with Gasteiger partial charge in [0.1, 0.15) is 12.1 Å². The summed E-state index contributed by atoms with van der Waals surface area (Å²) < 4.78 is 8.00. The summed E-state index contributed by atoms with van der Waals surface area (Å²) in [4.78, 5) is 24.7. The van der Waals surface area contributed by atoms with Crippen LogP contribution in [-0.4, -0.2) is 36.0 Å². The lowest BCUT2D eigenvalue weighted by molar-refractivity contribution is 0.0728. The summed E-state index contributed by atoms with van der Waals surface area (Å²) in [5, 5.41) is 15.8. The number of ether oxygens (including phenoxy) is 1. The fourth-order valence-corrected chi connectivity index (χ4v) is 2.55. The fraction of sp³-hybridized carbons (Fsp3) is 0.0588. The minimum Gasteiger partial charge on any atom is -0.422 e. The van der Waals surface area contributed by atoms with Crippen molar-refractivity contribution < 1.29 is 9.53 Å². The summed E-state index contributed by atoms with van der Waals surface area (Å²) in [5.74, 6) is -0.307. The quantitative estimate of drug-likeness (QED) is 0.404. The Hall–Kier alpha value is -3.88. The standard InChI is InChI=1S/C17H12N6O3/c1-22-16(24)14-5-3-2-4-13(14)15(19-22)17(25)26-12-8-6-11(7-9-12)23-10-18-20-21-23/h2-10H,1H3. The highest BCUT2D eigenvalue weighted by atomic mass is 16.5. The van der Waals surface area contributed by atoms with Crippen LogP contribution >= 0.6 is 0 Å². The largest absolute Gasteiger partial charge is 0.422 e. The summed E-state index contributed by atoms with van der Waals surface area (Å²) in [7, 11) is 1.49. The van der Waals surface area contributed by atoms with Crippen molar-refractivity contribution >= 4 is 16.7 Å². The van der Waals surface area contributed by atoms with E-state index in [-0.39, 0.29) is 11.3 Å². The van der Waals surface area contributed by atoms with E-state index in [1.165, 1.54) is 18.1 Å². The lowest BCUT2D eigenvalue weighted by atomic mass is 10.1. The number of carbonyl (C=O) groups excluding carboxylic acids is 1. The third-order valence-corrected chi connectivity index (χ3v) is 3.81. The van der Waals surface area contributed by atoms with E-state index in [0.29, 0.717) is 16.5 Å². The first-order valence-corrected chi connectivity index (χ1v) is 7.65. The Morgan fingerprint density at radius 3 is 2.46 bits per heavy atom. The van der Waals surface area contributed by atoms with Crippen molar-refractivity contribution in [2.24, 2.45) is 7.05 Å². The Morgan fingerprint density at radius 2 is 1.77 bits per heavy atom. The maximum atomic E-state index is 12.6. The molecule has 4 aromatic rings. The summed E-state index contributed by atoms with van der Waals surface area (Å²) in [6, 6.07) is 13.5. The van der Waals surface area contributed by atoms with E-state index < -0.39 is 5.97 Å². The van der Waals surface area contributed by atoms with Crippen LogP contribution in [0.1, 0.15) is 10.5 Å². The summed E-state index contributed by atoms with van der Waals surface area (Å²) in [5.41, 5.74) is 0.524. The molecule has 0 bridgehead atoms. The molecule has 9 nitrogen and oxygen atoms in total. The molecule has 0 unspecified atom stereocenters. The number of nitrogens with zero attached hydrogens (tertiary/aromatic N) is 6. The van der Waals surface area contributed by atoms with Crippen LogP contribution < -0.4 is 10.3 Å². The van der Waals surface area contributed by atoms with Crippen LogP contribution in [0.15, 0.2) is 59.7 Å². The molecule has 26 heavy (non-hydrogen) atoms. The molecule has 9 heteroatoms. The van der Waals surface area contributed by atoms with Crippen molar-refractivity contribution in [1.82, 2.24) is 30.0 Å². The molecule has 0 saturated carbocycles. The number of hydrogen-bond acceptors (Lipinski definition) is 7. The molecule has 0 aliphatic carbocycles. The highest BCUT2D eigenvalue weighted by Crippen LogP contribution is 2.18. The summed E-state index contributed by atoms with van der Waals surface area (Å²) in [6.45, 7) is 0. The number of fused-ring (bicyclic) bond motifs is 1. The van der Waals surface area contributed by atoms with Gasteiger partial charge in [0, 0.05) is 12.4 Å². The molecule has 0 aliphatic heterocycles. The summed E-state index contributed by atoms with van der Waals surface area (Å²) >= 11 is 0. The smallest absolute Gasteiger partial charge is 0.364 e. The first-order chi connectivity index (χ1) is 12.6. The number of hydrogen-bond donors (Lipinski definition) is 0. The van der Waals surface area contributed by atoms with Crippen molar-refractivity contribution in [3.05, 3.63) is 70.9 Å². The van der Waals surface area contributed by atoms with Gasteiger partial charge in [-0.2, -0.15) is 5.10 Å². The number of carbonyl (C=O) groups is 1. The van der Waals surface area contributed by atoms with Gasteiger partial charge in [0.05, 0.1) is 11.1 Å². The molecule has 128 valence electrons. The Bertz CT molecular complexity index is 1150. The molecule has 0 spiro atoms. The normalized spacial score (nSPS) is 10.8. The number of rotatable bonds is 3. The van der Waals surface area contributed by atoms with Crippen LogP contribution in [0.2, 0.25) is 0 Å². The van der Waals surface area contributed by atoms with Crippen molar-refractivity contribution in [2.75, 3.05) is 0 Å². The van der Waals surface area contributed by atoms with E-state index in [0.717, 1.165) is 10.4 Å². The average molecular weight is 348 g/mol. The average Bonchev–Trinajstić information content (AvgIpc) is 3.20. The minimum atomic E-state index is -0.646. The highest BCUT2D eigenvalue weighted by Gasteiger charge is 2.17. The molecular weight excluding hydrogens is 336 g/mol. The molecule has 0 N–H and O–H groups in total. The number of esters is 1. The zero-order valence-corrected chi connectivity index (χ0v) is 13.6. The monoisotopic (exact) mass is 348 g/mol. The van der Waals surface area contributed by atoms with Gasteiger partial charge in [0.25, 0.3) is 5.56 Å². The Kier molecular flexibility index (Phi) is 3.73. The highest BCUT2D eigenvalue weighted by molar-refractivity contribution is 6.02. The third kappa shape index (κ3) is 2.71. The zero-order valence-electron chi connectivity index (χ0n) is 13.6. The Morgan fingerprint density at radius 1 is 1.04 bits per heavy atom. The first-order valence-electron chi connectivity index (χ1n) is 7.65. The second kappa shape index (κ2) is 6.20. The summed E-state index contributed by atoms with van der Waals surface area (Å²) in [6.07, 6.45) is 1.46. The SMILES string of the molecule is Cn1nc(C(=O)Oc2ccc(-n3cnnn3)cc2)c2ccccc2c1=O. The molecule has 2 aromatic heterocycles. The van der Waals surface area contributed by atoms with Gasteiger partial charge in [0.15, 0.2) is 5.69 Å². The van der Waals surface area contributed by atoms with E-state index in [2.05, 4.69) is 20.6 Å². The number of aromatic nitrogens is 6. The number of aryl methyl sites for hydroxylation is 1. The Balaban J connectivity index is 1.66. The molecule has 2 aromatic carbocycles. The van der Waals surface area contributed by atoms with Gasteiger partial charge in [-0.05, 0) is 40.8 Å². The molecule has 0 aliphatic rings. The fourth-order valence-electron chi connectivity index (χ4n) is 2.55. The predicted molar refractivity (Wildman–Crippen MR) is 91.1 cm³/mol. The lowest BCUT2D eigenvalue weighted by Crippen LogP contribution is -2.24. The second-order valence-corrected chi connectivity index (χ2v) is 5.46. The topological polar surface area (TPSA) is 105 Å². The van der Waals surface area contributed by atoms with E-state index in [4.69, 9.17) is 4.74 Å². The van der Waals surface area contributed by atoms with Gasteiger partial charge in [0.2, 0.25) is 0 Å². The van der Waals surface area contributed by atoms with Gasteiger partial charge in [-0.3, -0.25) is 4.79 Å². The van der Waals surface area contributed by atoms with Gasteiger partial charge >= 0.3 is 5.97 Å². The van der Waals surface area contributed by atoms with Gasteiger partial charge in [-0.15, -0.1) is 5.10 Å². The predicted octanol–water partition coefficient (Wildman–Crippen LogP) is 1.13. The van der Waals surface area contributed by atoms with Gasteiger partial charge in [-0.25, -0.2) is 14.2 Å². The number of benzene rings is 2. The van der Waals surface area contributed by atoms with Gasteiger partial charge in [-0.1, -0.05) is 18.2 Å². The van der Waals surface area contributed by atoms with Crippen LogP contribution in [0.25, 0.3) is 16.5 Å². The molecule has 0 atom stereocenters. The molecular formula is C17H12N6O3. The van der Waals surface area contributed by atoms with Crippen LogP contribution in [0, 0.1) is 0 Å². The van der Waals surface area contributed by atoms with Crippen molar-refractivity contribution in [3.8, 4) is 11.4 Å². The lowest BCUT2D eigenvalue weighted by Gasteiger charge is -2.08. The second-order valence-electron chi connectivity index (χ2n) is 5.46. The molecule has 0 fully saturated rings. The molecule has 0 amide bonds. The first kappa shape index (κ1) is 15.6. The van der Waals surface area contributed by atoms with Crippen LogP contribution in [-0.2, 0) is 7.05 Å². The van der Waals surface area contributed by atoms with Crippen LogP contribution in [0.3, 0.4) is 0 Å². The molecule has 0 radical (unpaired) electrons. The zero-order chi connectivity index (χ0) is 18.1. The van der Waals surface area contributed by atoms with Crippen molar-refractivity contribution in [1.29, 1.82) is 0 Å². The molecule has 4 rings (SSSR count). The van der Waals surface area contributed by atoms with Crippen LogP contribution in [0.5, 0.6) is 5.75 Å². The van der Waals surface area contributed by atoms with E-state index in [1.54, 1.807) is 48.5 Å². The maximum Gasteiger partial charge on any atom is 0.364 e.